The summed E-state index contributed by atoms with van der Waals surface area (Å²) < 4.78 is 0. The van der Waals surface area contributed by atoms with Gasteiger partial charge in [0.15, 0.2) is 11.4 Å². The van der Waals surface area contributed by atoms with E-state index >= 15 is 0 Å². The summed E-state index contributed by atoms with van der Waals surface area (Å²) in [6.07, 6.45) is -1.65. The number of hydrogen-bond acceptors (Lipinski definition) is 10. The lowest BCUT2D eigenvalue weighted by molar-refractivity contribution is -0.169. The number of primary amides is 1. The van der Waals surface area contributed by atoms with E-state index < -0.39 is 75.6 Å². The average Bonchev–Trinajstić information content (AvgIpc) is 2.80. The highest BCUT2D eigenvalue weighted by atomic mass is 16.4. The topological polar surface area (TPSA) is 191 Å². The largest absolute Gasteiger partial charge is 0.508 e. The fraction of sp³-hybridized carbons (Fsp3) is 0.423. The number of aliphatic hydroxyl groups excluding tert-OH is 3. The van der Waals surface area contributed by atoms with Crippen LogP contribution in [-0.2, 0) is 14.4 Å². The lowest BCUT2D eigenvalue weighted by Crippen LogP contribution is -2.70. The van der Waals surface area contributed by atoms with Crippen molar-refractivity contribution in [2.75, 3.05) is 14.1 Å². The van der Waals surface area contributed by atoms with Crippen LogP contribution in [0.3, 0.4) is 0 Å². The molecule has 1 saturated carbocycles. The minimum Gasteiger partial charge on any atom is -0.508 e. The van der Waals surface area contributed by atoms with E-state index in [0.717, 1.165) is 0 Å². The number of likely N-dealkylation sites (N-methyl/N-ethyl adjacent to an activating group) is 1. The number of amides is 1. The summed E-state index contributed by atoms with van der Waals surface area (Å²) >= 11 is 0. The number of hydrogen-bond donors (Lipinski definition) is 5. The van der Waals surface area contributed by atoms with Gasteiger partial charge in [-0.15, -0.1) is 4.91 Å². The van der Waals surface area contributed by atoms with Crippen molar-refractivity contribution >= 4 is 34.5 Å². The summed E-state index contributed by atoms with van der Waals surface area (Å²) in [6, 6.07) is 0.277. The number of ketones is 2. The zero-order valence-electron chi connectivity index (χ0n) is 21.1. The van der Waals surface area contributed by atoms with Gasteiger partial charge in [0, 0.05) is 17.1 Å². The van der Waals surface area contributed by atoms with Gasteiger partial charge >= 0.3 is 0 Å². The predicted octanol–water partition coefficient (Wildman–Crippen LogP) is 1.53. The molecule has 196 valence electrons. The molecular formula is C26H29N3O8. The normalized spacial score (nSPS) is 31.2. The van der Waals surface area contributed by atoms with Crippen molar-refractivity contribution in [3.8, 4) is 0 Å². The third kappa shape index (κ3) is 3.20. The van der Waals surface area contributed by atoms with E-state index in [1.54, 1.807) is 26.8 Å². The number of carbonyl (C=O) groups excluding carboxylic acids is 3. The van der Waals surface area contributed by atoms with Gasteiger partial charge in [-0.05, 0) is 61.8 Å². The molecule has 0 saturated heterocycles. The van der Waals surface area contributed by atoms with Crippen LogP contribution in [0.4, 0.5) is 5.69 Å². The average molecular weight is 512 g/mol. The van der Waals surface area contributed by atoms with Crippen molar-refractivity contribution < 1.29 is 34.8 Å². The fourth-order valence-electron chi connectivity index (χ4n) is 6.44. The van der Waals surface area contributed by atoms with Crippen LogP contribution < -0.4 is 5.73 Å². The second-order valence-corrected chi connectivity index (χ2v) is 10.3. The number of carbonyl (C=O) groups is 3. The Hall–Kier alpha value is -3.67. The van der Waals surface area contributed by atoms with E-state index in [-0.39, 0.29) is 11.3 Å². The Labute approximate surface area is 212 Å². The SMILES string of the molecule is C=C(C)c1cc(C)c2c(c1N=O)C(O)=C1C(=O)[C@]3(O)C(O)=C(C(N)=O)C(=O)[C@@H](N(C)C)[C@@H]3[C@@H](O)[C@@H]1[C@H]2C. The van der Waals surface area contributed by atoms with Gasteiger partial charge in [-0.2, -0.15) is 0 Å². The van der Waals surface area contributed by atoms with Gasteiger partial charge in [0.1, 0.15) is 22.8 Å². The monoisotopic (exact) mass is 511 g/mol. The van der Waals surface area contributed by atoms with Crippen molar-refractivity contribution in [1.29, 1.82) is 0 Å². The van der Waals surface area contributed by atoms with Gasteiger partial charge in [0.2, 0.25) is 5.78 Å². The molecule has 1 amide bonds. The van der Waals surface area contributed by atoms with E-state index in [1.165, 1.54) is 19.0 Å². The van der Waals surface area contributed by atoms with Crippen LogP contribution in [0.15, 0.2) is 34.7 Å². The molecule has 1 aromatic rings. The summed E-state index contributed by atoms with van der Waals surface area (Å²) in [5, 5.41) is 48.8. The molecule has 1 fully saturated rings. The Morgan fingerprint density at radius 3 is 2.32 bits per heavy atom. The Morgan fingerprint density at radius 1 is 1.24 bits per heavy atom. The Morgan fingerprint density at radius 2 is 1.84 bits per heavy atom. The molecule has 11 heteroatoms. The smallest absolute Gasteiger partial charge is 0.255 e. The maximum atomic E-state index is 14.0. The van der Waals surface area contributed by atoms with Gasteiger partial charge < -0.3 is 26.2 Å². The predicted molar refractivity (Wildman–Crippen MR) is 134 cm³/mol. The van der Waals surface area contributed by atoms with E-state index in [1.807, 2.05) is 0 Å². The minimum atomic E-state index is -2.96. The molecule has 4 rings (SSSR count). The van der Waals surface area contributed by atoms with E-state index in [4.69, 9.17) is 5.73 Å². The Balaban J connectivity index is 2.12. The summed E-state index contributed by atoms with van der Waals surface area (Å²) in [4.78, 5) is 52.6. The molecule has 1 aromatic carbocycles. The molecule has 6 N–H and O–H groups in total. The number of benzene rings is 1. The maximum absolute atomic E-state index is 14.0. The van der Waals surface area contributed by atoms with Gasteiger partial charge in [-0.25, -0.2) is 0 Å². The van der Waals surface area contributed by atoms with Crippen molar-refractivity contribution in [1.82, 2.24) is 4.90 Å². The zero-order chi connectivity index (χ0) is 27.9. The molecule has 37 heavy (non-hydrogen) atoms. The number of allylic oxidation sites excluding steroid dienone is 1. The number of aryl methyl sites for hydroxylation is 1. The van der Waals surface area contributed by atoms with Crippen LogP contribution in [0.25, 0.3) is 11.3 Å². The first-order valence-electron chi connectivity index (χ1n) is 11.6. The third-order valence-corrected chi connectivity index (χ3v) is 7.98. The van der Waals surface area contributed by atoms with E-state index in [2.05, 4.69) is 11.8 Å². The maximum Gasteiger partial charge on any atom is 0.255 e. The third-order valence-electron chi connectivity index (χ3n) is 7.98. The first-order chi connectivity index (χ1) is 17.1. The number of aliphatic hydroxyl groups is 4. The molecule has 3 aliphatic rings. The Kier molecular flexibility index (Phi) is 6.02. The van der Waals surface area contributed by atoms with Crippen LogP contribution in [0.2, 0.25) is 0 Å². The lowest BCUT2D eigenvalue weighted by atomic mass is 9.54. The van der Waals surface area contributed by atoms with Crippen LogP contribution in [-0.4, -0.2) is 74.6 Å². The van der Waals surface area contributed by atoms with Crippen LogP contribution in [0, 0.1) is 23.7 Å². The molecule has 3 aliphatic carbocycles. The number of nitroso groups, excluding NO2 is 1. The fourth-order valence-corrected chi connectivity index (χ4v) is 6.44. The van der Waals surface area contributed by atoms with E-state index in [0.29, 0.717) is 22.3 Å². The standard InChI is InChI=1S/C26H29N3O8/c1-8(2)11-7-9(3)12-10(4)13-15(20(30)14(12)18(11)28-37)23(33)26(36)17(21(13)31)19(29(5)6)22(32)16(24(26)34)25(27)35/h7,10,13,17,19,21,30-31,34,36H,1H2,2-6H3,(H2,27,35)/t10-,13+,17+,19-,21-,26-/m0/s1. The molecule has 0 spiro atoms. The van der Waals surface area contributed by atoms with Crippen LogP contribution >= 0.6 is 0 Å². The summed E-state index contributed by atoms with van der Waals surface area (Å²) in [7, 11) is 2.91. The number of rotatable bonds is 4. The molecule has 0 radical (unpaired) electrons. The summed E-state index contributed by atoms with van der Waals surface area (Å²) in [5.41, 5.74) is 2.68. The first-order valence-corrected chi connectivity index (χ1v) is 11.6. The lowest BCUT2D eigenvalue weighted by Gasteiger charge is -2.53. The van der Waals surface area contributed by atoms with Gasteiger partial charge in [0.25, 0.3) is 5.91 Å². The molecule has 0 bridgehead atoms. The van der Waals surface area contributed by atoms with Gasteiger partial charge in [-0.1, -0.05) is 13.5 Å². The van der Waals surface area contributed by atoms with Crippen molar-refractivity contribution in [3.63, 3.8) is 0 Å². The second-order valence-electron chi connectivity index (χ2n) is 10.3. The molecule has 0 aromatic heterocycles. The Bertz CT molecular complexity index is 1370. The molecule has 6 atom stereocenters. The quantitative estimate of drug-likeness (QED) is 0.295. The van der Waals surface area contributed by atoms with E-state index in [9.17, 15) is 39.7 Å². The molecule has 0 heterocycles. The highest BCUT2D eigenvalue weighted by molar-refractivity contribution is 6.24. The van der Waals surface area contributed by atoms with Crippen LogP contribution in [0.5, 0.6) is 0 Å². The second kappa shape index (κ2) is 8.44. The van der Waals surface area contributed by atoms with Gasteiger partial charge in [0.05, 0.1) is 23.6 Å². The highest BCUT2D eigenvalue weighted by Gasteiger charge is 2.68. The number of nitrogens with two attached hydrogens (primary N) is 1. The van der Waals surface area contributed by atoms with Crippen molar-refractivity contribution in [2.24, 2.45) is 22.7 Å². The number of Topliss-reactive ketones (excluding diaryl/α,β-unsaturated/α-hetero) is 2. The minimum absolute atomic E-state index is 0.0380. The molecule has 0 unspecified atom stereocenters. The zero-order valence-corrected chi connectivity index (χ0v) is 21.1. The molecule has 11 nitrogen and oxygen atoms in total. The summed E-state index contributed by atoms with van der Waals surface area (Å²) in [6.45, 7) is 8.91. The van der Waals surface area contributed by atoms with Crippen molar-refractivity contribution in [3.05, 3.63) is 56.7 Å². The first kappa shape index (κ1) is 26.4. The molecular weight excluding hydrogens is 482 g/mol. The number of fused-ring (bicyclic) bond motifs is 3. The van der Waals surface area contributed by atoms with Crippen LogP contribution in [0.1, 0.15) is 42.0 Å². The van der Waals surface area contributed by atoms with Crippen molar-refractivity contribution in [2.45, 2.75) is 44.4 Å². The van der Waals surface area contributed by atoms with Gasteiger partial charge in [-0.3, -0.25) is 19.3 Å². The molecule has 0 aliphatic heterocycles. The number of nitrogens with zero attached hydrogens (tertiary/aromatic N) is 2. The highest BCUT2D eigenvalue weighted by Crippen LogP contribution is 2.57. The summed E-state index contributed by atoms with van der Waals surface area (Å²) in [5.74, 6) is -8.92.